The summed E-state index contributed by atoms with van der Waals surface area (Å²) in [5.74, 6) is 1.38. The maximum absolute atomic E-state index is 5.55. The highest BCUT2D eigenvalue weighted by Gasteiger charge is 2.08. The summed E-state index contributed by atoms with van der Waals surface area (Å²) >= 11 is 1.69. The largest absolute Gasteiger partial charge is 0.368 e. The van der Waals surface area contributed by atoms with Crippen LogP contribution in [-0.2, 0) is 0 Å². The molecule has 0 aliphatic carbocycles. The highest BCUT2D eigenvalue weighted by Crippen LogP contribution is 2.21. The standard InChI is InChI=1S/C10H13N5S.CH4/c1-6(8-4-3-5-16-8)12-10-14-7(2)13-9(11)15-10;/h3-6H,1-2H3,(H3,11,12,13,14,15);1H4. The van der Waals surface area contributed by atoms with Crippen LogP contribution in [0.4, 0.5) is 11.9 Å². The summed E-state index contributed by atoms with van der Waals surface area (Å²) in [5.41, 5.74) is 5.55. The van der Waals surface area contributed by atoms with Crippen LogP contribution in [0.1, 0.15) is 31.1 Å². The molecule has 2 aromatic rings. The van der Waals surface area contributed by atoms with Crippen molar-refractivity contribution < 1.29 is 0 Å². The first-order valence-corrected chi connectivity index (χ1v) is 5.81. The van der Waals surface area contributed by atoms with Crippen molar-refractivity contribution in [1.29, 1.82) is 0 Å². The SMILES string of the molecule is C.Cc1nc(N)nc(NC(C)c2cccs2)n1. The van der Waals surface area contributed by atoms with Crippen molar-refractivity contribution in [3.8, 4) is 0 Å². The first-order chi connectivity index (χ1) is 7.65. The molecule has 1 atom stereocenters. The van der Waals surface area contributed by atoms with E-state index in [4.69, 9.17) is 5.73 Å². The molecule has 0 fully saturated rings. The lowest BCUT2D eigenvalue weighted by Gasteiger charge is -2.12. The topological polar surface area (TPSA) is 76.7 Å². The van der Waals surface area contributed by atoms with Crippen LogP contribution in [0.2, 0.25) is 0 Å². The fourth-order valence-corrected chi connectivity index (χ4v) is 2.10. The van der Waals surface area contributed by atoms with Gasteiger partial charge in [-0.1, -0.05) is 13.5 Å². The maximum Gasteiger partial charge on any atom is 0.228 e. The van der Waals surface area contributed by atoms with E-state index in [1.54, 1.807) is 18.3 Å². The Balaban J connectivity index is 0.00000144. The number of thiophene rings is 1. The fraction of sp³-hybridized carbons (Fsp3) is 0.364. The van der Waals surface area contributed by atoms with Gasteiger partial charge in [-0.15, -0.1) is 11.3 Å². The zero-order chi connectivity index (χ0) is 11.5. The monoisotopic (exact) mass is 251 g/mol. The molecule has 5 nitrogen and oxygen atoms in total. The molecular weight excluding hydrogens is 234 g/mol. The Morgan fingerprint density at radius 2 is 2.12 bits per heavy atom. The Labute approximate surface area is 105 Å². The second-order valence-corrected chi connectivity index (χ2v) is 4.43. The molecule has 17 heavy (non-hydrogen) atoms. The predicted octanol–water partition coefficient (Wildman–Crippen LogP) is 2.63. The predicted molar refractivity (Wildman–Crippen MR) is 72.1 cm³/mol. The van der Waals surface area contributed by atoms with E-state index >= 15 is 0 Å². The van der Waals surface area contributed by atoms with Gasteiger partial charge in [-0.25, -0.2) is 0 Å². The van der Waals surface area contributed by atoms with Gasteiger partial charge in [0.2, 0.25) is 11.9 Å². The first-order valence-electron chi connectivity index (χ1n) is 4.93. The van der Waals surface area contributed by atoms with Gasteiger partial charge in [0.15, 0.2) is 0 Å². The number of hydrogen-bond acceptors (Lipinski definition) is 6. The number of anilines is 2. The van der Waals surface area contributed by atoms with Gasteiger partial charge >= 0.3 is 0 Å². The number of hydrogen-bond donors (Lipinski definition) is 2. The number of aromatic nitrogens is 3. The van der Waals surface area contributed by atoms with Crippen LogP contribution in [-0.4, -0.2) is 15.0 Å². The van der Waals surface area contributed by atoms with E-state index in [2.05, 4.69) is 33.3 Å². The van der Waals surface area contributed by atoms with Gasteiger partial charge in [0.05, 0.1) is 6.04 Å². The zero-order valence-electron chi connectivity index (χ0n) is 9.14. The van der Waals surface area contributed by atoms with Crippen LogP contribution in [0.25, 0.3) is 0 Å². The summed E-state index contributed by atoms with van der Waals surface area (Å²) in [6, 6.07) is 4.26. The van der Waals surface area contributed by atoms with E-state index in [-0.39, 0.29) is 19.4 Å². The van der Waals surface area contributed by atoms with E-state index in [1.807, 2.05) is 11.4 Å². The fourth-order valence-electron chi connectivity index (χ4n) is 1.37. The maximum atomic E-state index is 5.55. The number of nitrogen functional groups attached to an aromatic ring is 1. The lowest BCUT2D eigenvalue weighted by molar-refractivity contribution is 0.864. The van der Waals surface area contributed by atoms with Crippen molar-refractivity contribution in [2.24, 2.45) is 0 Å². The Morgan fingerprint density at radius 1 is 1.35 bits per heavy atom. The number of nitrogens with two attached hydrogens (primary N) is 1. The molecule has 0 spiro atoms. The van der Waals surface area contributed by atoms with Gasteiger partial charge in [-0.3, -0.25) is 0 Å². The van der Waals surface area contributed by atoms with Gasteiger partial charge in [0, 0.05) is 4.88 Å². The second-order valence-electron chi connectivity index (χ2n) is 3.45. The van der Waals surface area contributed by atoms with Gasteiger partial charge in [-0.05, 0) is 25.3 Å². The summed E-state index contributed by atoms with van der Waals surface area (Å²) in [6.07, 6.45) is 0. The van der Waals surface area contributed by atoms with Crippen LogP contribution in [0.5, 0.6) is 0 Å². The van der Waals surface area contributed by atoms with Gasteiger partial charge in [-0.2, -0.15) is 15.0 Å². The van der Waals surface area contributed by atoms with Crippen LogP contribution >= 0.6 is 11.3 Å². The summed E-state index contributed by atoms with van der Waals surface area (Å²) in [7, 11) is 0. The van der Waals surface area contributed by atoms with Gasteiger partial charge in [0.1, 0.15) is 5.82 Å². The summed E-state index contributed by atoms with van der Waals surface area (Å²) in [5, 5.41) is 5.24. The van der Waals surface area contributed by atoms with E-state index in [1.165, 1.54) is 4.88 Å². The highest BCUT2D eigenvalue weighted by atomic mass is 32.1. The highest BCUT2D eigenvalue weighted by molar-refractivity contribution is 7.10. The smallest absolute Gasteiger partial charge is 0.228 e. The molecule has 0 aliphatic rings. The third kappa shape index (κ3) is 3.39. The molecule has 6 heteroatoms. The third-order valence-electron chi connectivity index (χ3n) is 2.08. The van der Waals surface area contributed by atoms with Crippen molar-refractivity contribution in [3.63, 3.8) is 0 Å². The van der Waals surface area contributed by atoms with E-state index in [0.717, 1.165) is 0 Å². The Morgan fingerprint density at radius 3 is 2.71 bits per heavy atom. The average molecular weight is 251 g/mol. The van der Waals surface area contributed by atoms with Crippen molar-refractivity contribution in [1.82, 2.24) is 15.0 Å². The van der Waals surface area contributed by atoms with Crippen LogP contribution < -0.4 is 11.1 Å². The Bertz CT molecular complexity index is 448. The summed E-state index contributed by atoms with van der Waals surface area (Å²) in [4.78, 5) is 13.4. The minimum atomic E-state index is 0. The molecule has 2 aromatic heterocycles. The molecule has 0 aliphatic heterocycles. The van der Waals surface area contributed by atoms with E-state index < -0.39 is 0 Å². The molecule has 2 heterocycles. The molecule has 0 saturated carbocycles. The number of nitrogens with one attached hydrogen (secondary N) is 1. The number of aryl methyl sites for hydroxylation is 1. The van der Waals surface area contributed by atoms with Crippen LogP contribution in [0.15, 0.2) is 17.5 Å². The number of nitrogens with zero attached hydrogens (tertiary/aromatic N) is 3. The van der Waals surface area contributed by atoms with Crippen molar-refractivity contribution in [2.45, 2.75) is 27.3 Å². The first kappa shape index (κ1) is 13.4. The lowest BCUT2D eigenvalue weighted by atomic mass is 10.3. The molecular formula is C11H17N5S. The van der Waals surface area contributed by atoms with Crippen molar-refractivity contribution >= 4 is 23.2 Å². The van der Waals surface area contributed by atoms with Gasteiger partial charge < -0.3 is 11.1 Å². The number of rotatable bonds is 3. The molecule has 0 saturated heterocycles. The quantitative estimate of drug-likeness (QED) is 0.877. The molecule has 0 radical (unpaired) electrons. The molecule has 0 aromatic carbocycles. The Kier molecular flexibility index (Phi) is 4.39. The van der Waals surface area contributed by atoms with Crippen LogP contribution in [0, 0.1) is 6.92 Å². The molecule has 92 valence electrons. The second kappa shape index (κ2) is 5.58. The molecule has 0 bridgehead atoms. The van der Waals surface area contributed by atoms with Crippen LogP contribution in [0.3, 0.4) is 0 Å². The average Bonchev–Trinajstić information content (AvgIpc) is 2.68. The van der Waals surface area contributed by atoms with Gasteiger partial charge in [0.25, 0.3) is 0 Å². The zero-order valence-corrected chi connectivity index (χ0v) is 9.95. The minimum Gasteiger partial charge on any atom is -0.368 e. The Hall–Kier alpha value is -1.69. The van der Waals surface area contributed by atoms with E-state index in [9.17, 15) is 0 Å². The third-order valence-corrected chi connectivity index (χ3v) is 3.14. The van der Waals surface area contributed by atoms with Crippen molar-refractivity contribution in [2.75, 3.05) is 11.1 Å². The molecule has 1 unspecified atom stereocenters. The summed E-state index contributed by atoms with van der Waals surface area (Å²) in [6.45, 7) is 3.85. The minimum absolute atomic E-state index is 0. The lowest BCUT2D eigenvalue weighted by Crippen LogP contribution is -2.11. The molecule has 3 N–H and O–H groups in total. The molecule has 0 amide bonds. The molecule has 2 rings (SSSR count). The van der Waals surface area contributed by atoms with Crippen molar-refractivity contribution in [3.05, 3.63) is 28.2 Å². The normalized spacial score (nSPS) is 11.6. The summed E-state index contributed by atoms with van der Waals surface area (Å²) < 4.78 is 0. The van der Waals surface area contributed by atoms with E-state index in [0.29, 0.717) is 11.8 Å².